The summed E-state index contributed by atoms with van der Waals surface area (Å²) in [6.45, 7) is 6.22. The van der Waals surface area contributed by atoms with Gasteiger partial charge in [-0.25, -0.2) is 0 Å². The van der Waals surface area contributed by atoms with Gasteiger partial charge in [-0.05, 0) is 32.3 Å². The average Bonchev–Trinajstić information content (AvgIpc) is 2.98. The molecule has 2 rings (SSSR count). The van der Waals surface area contributed by atoms with Crippen molar-refractivity contribution in [2.75, 3.05) is 19.6 Å². The number of aryl methyl sites for hydroxylation is 2. The first-order valence-electron chi connectivity index (χ1n) is 8.13. The molecule has 0 amide bonds. The van der Waals surface area contributed by atoms with Crippen LogP contribution >= 0.6 is 24.0 Å². The molecule has 24 heavy (non-hydrogen) atoms. The largest absolute Gasteiger partial charge is 0.357 e. The zero-order valence-electron chi connectivity index (χ0n) is 14.3. The topological polar surface area (TPSA) is 75.3 Å². The molecule has 6 nitrogen and oxygen atoms in total. The second-order valence-corrected chi connectivity index (χ2v) is 5.26. The summed E-state index contributed by atoms with van der Waals surface area (Å²) in [4.78, 5) is 8.78. The molecule has 1 heterocycles. The van der Waals surface area contributed by atoms with Crippen LogP contribution in [0.4, 0.5) is 0 Å². The zero-order chi connectivity index (χ0) is 16.3. The van der Waals surface area contributed by atoms with Crippen LogP contribution in [-0.4, -0.2) is 35.7 Å². The molecule has 0 spiro atoms. The van der Waals surface area contributed by atoms with Crippen LogP contribution in [0, 0.1) is 6.92 Å². The number of hydrogen-bond donors (Lipinski definition) is 2. The fourth-order valence-corrected chi connectivity index (χ4v) is 2.19. The standard InChI is InChI=1S/C17H25N5O.HI/c1-3-18-17(20-13-11-16-21-14(2)22-23-16)19-12-7-10-15-8-5-4-6-9-15;/h4-6,8-9H,3,7,10-13H2,1-2H3,(H2,18,19,20);1H. The number of rotatable bonds is 8. The van der Waals surface area contributed by atoms with E-state index in [-0.39, 0.29) is 24.0 Å². The highest BCUT2D eigenvalue weighted by Gasteiger charge is 2.03. The summed E-state index contributed by atoms with van der Waals surface area (Å²) in [6, 6.07) is 10.5. The molecule has 0 saturated heterocycles. The number of aliphatic imine (C=N–C) groups is 1. The Morgan fingerprint density at radius 2 is 1.96 bits per heavy atom. The number of benzene rings is 1. The minimum absolute atomic E-state index is 0. The van der Waals surface area contributed by atoms with Gasteiger partial charge < -0.3 is 15.2 Å². The molecule has 0 saturated carbocycles. The Morgan fingerprint density at radius 3 is 2.62 bits per heavy atom. The van der Waals surface area contributed by atoms with Gasteiger partial charge in [0, 0.05) is 26.1 Å². The van der Waals surface area contributed by atoms with Crippen molar-refractivity contribution in [2.24, 2.45) is 4.99 Å². The highest BCUT2D eigenvalue weighted by molar-refractivity contribution is 14.0. The quantitative estimate of drug-likeness (QED) is 0.284. The average molecular weight is 443 g/mol. The van der Waals surface area contributed by atoms with Crippen molar-refractivity contribution in [2.45, 2.75) is 33.1 Å². The Labute approximate surface area is 160 Å². The van der Waals surface area contributed by atoms with Crippen LogP contribution in [0.3, 0.4) is 0 Å². The molecule has 0 aliphatic carbocycles. The SMILES string of the molecule is CCNC(=NCCCc1ccccc1)NCCc1nc(C)no1.I. The van der Waals surface area contributed by atoms with Crippen LogP contribution in [0.15, 0.2) is 39.8 Å². The monoisotopic (exact) mass is 443 g/mol. The van der Waals surface area contributed by atoms with Crippen molar-refractivity contribution >= 4 is 29.9 Å². The molecule has 0 radical (unpaired) electrons. The summed E-state index contributed by atoms with van der Waals surface area (Å²) in [5.74, 6) is 2.15. The third kappa shape index (κ3) is 7.76. The number of nitrogens with zero attached hydrogens (tertiary/aromatic N) is 3. The summed E-state index contributed by atoms with van der Waals surface area (Å²) in [6.07, 6.45) is 2.77. The van der Waals surface area contributed by atoms with Crippen LogP contribution in [0.5, 0.6) is 0 Å². The van der Waals surface area contributed by atoms with Crippen molar-refractivity contribution in [3.63, 3.8) is 0 Å². The van der Waals surface area contributed by atoms with Crippen LogP contribution in [-0.2, 0) is 12.8 Å². The van der Waals surface area contributed by atoms with Crippen molar-refractivity contribution in [3.05, 3.63) is 47.6 Å². The molecule has 0 atom stereocenters. The highest BCUT2D eigenvalue weighted by atomic mass is 127. The Hall–Kier alpha value is -1.64. The fraction of sp³-hybridized carbons (Fsp3) is 0.471. The van der Waals surface area contributed by atoms with Gasteiger partial charge in [0.05, 0.1) is 0 Å². The van der Waals surface area contributed by atoms with E-state index in [1.807, 2.05) is 13.0 Å². The van der Waals surface area contributed by atoms with Crippen molar-refractivity contribution in [1.82, 2.24) is 20.8 Å². The lowest BCUT2D eigenvalue weighted by Crippen LogP contribution is -2.38. The van der Waals surface area contributed by atoms with Crippen molar-refractivity contribution < 1.29 is 4.52 Å². The van der Waals surface area contributed by atoms with Gasteiger partial charge in [-0.15, -0.1) is 24.0 Å². The summed E-state index contributed by atoms with van der Waals surface area (Å²) in [5.41, 5.74) is 1.35. The fourth-order valence-electron chi connectivity index (χ4n) is 2.19. The maximum atomic E-state index is 5.09. The van der Waals surface area contributed by atoms with E-state index in [1.54, 1.807) is 0 Å². The molecular weight excluding hydrogens is 417 g/mol. The van der Waals surface area contributed by atoms with E-state index in [2.05, 4.69) is 57.0 Å². The molecule has 132 valence electrons. The second kappa shape index (κ2) is 11.8. The summed E-state index contributed by atoms with van der Waals surface area (Å²) < 4.78 is 5.09. The first-order chi connectivity index (χ1) is 11.3. The highest BCUT2D eigenvalue weighted by Crippen LogP contribution is 2.02. The maximum absolute atomic E-state index is 5.09. The zero-order valence-corrected chi connectivity index (χ0v) is 16.6. The molecule has 7 heteroatoms. The Balaban J connectivity index is 0.00000288. The van der Waals surface area contributed by atoms with Crippen molar-refractivity contribution in [3.8, 4) is 0 Å². The molecule has 0 bridgehead atoms. The van der Waals surface area contributed by atoms with Gasteiger partial charge in [0.1, 0.15) is 0 Å². The van der Waals surface area contributed by atoms with E-state index < -0.39 is 0 Å². The maximum Gasteiger partial charge on any atom is 0.228 e. The number of aromatic nitrogens is 2. The molecule has 2 N–H and O–H groups in total. The number of guanidine groups is 1. The first-order valence-corrected chi connectivity index (χ1v) is 8.13. The lowest BCUT2D eigenvalue weighted by atomic mass is 10.1. The number of hydrogen-bond acceptors (Lipinski definition) is 4. The minimum Gasteiger partial charge on any atom is -0.357 e. The van der Waals surface area contributed by atoms with Crippen molar-refractivity contribution in [1.29, 1.82) is 0 Å². The Morgan fingerprint density at radius 1 is 1.17 bits per heavy atom. The van der Waals surface area contributed by atoms with E-state index in [1.165, 1.54) is 5.56 Å². The summed E-state index contributed by atoms with van der Waals surface area (Å²) in [5, 5.41) is 10.3. The lowest BCUT2D eigenvalue weighted by Gasteiger charge is -2.10. The van der Waals surface area contributed by atoms with Crippen LogP contribution < -0.4 is 10.6 Å². The van der Waals surface area contributed by atoms with Crippen LogP contribution in [0.25, 0.3) is 0 Å². The number of halogens is 1. The molecule has 1 aromatic heterocycles. The van der Waals surface area contributed by atoms with E-state index >= 15 is 0 Å². The van der Waals surface area contributed by atoms with Gasteiger partial charge in [-0.2, -0.15) is 4.98 Å². The third-order valence-electron chi connectivity index (χ3n) is 3.28. The number of nitrogens with one attached hydrogen (secondary N) is 2. The van der Waals surface area contributed by atoms with E-state index in [0.717, 1.165) is 31.9 Å². The molecule has 0 aliphatic heterocycles. The Kier molecular flexibility index (Phi) is 10.1. The minimum atomic E-state index is 0. The summed E-state index contributed by atoms with van der Waals surface area (Å²) in [7, 11) is 0. The van der Waals surface area contributed by atoms with Crippen LogP contribution in [0.1, 0.15) is 30.6 Å². The van der Waals surface area contributed by atoms with Gasteiger partial charge >= 0.3 is 0 Å². The molecular formula is C17H26IN5O. The van der Waals surface area contributed by atoms with E-state index in [0.29, 0.717) is 24.7 Å². The lowest BCUT2D eigenvalue weighted by molar-refractivity contribution is 0.374. The second-order valence-electron chi connectivity index (χ2n) is 5.26. The normalized spacial score (nSPS) is 11.0. The summed E-state index contributed by atoms with van der Waals surface area (Å²) >= 11 is 0. The van der Waals surface area contributed by atoms with Gasteiger partial charge in [0.25, 0.3) is 0 Å². The van der Waals surface area contributed by atoms with E-state index in [9.17, 15) is 0 Å². The Bertz CT molecular complexity index is 600. The smallest absolute Gasteiger partial charge is 0.228 e. The predicted molar refractivity (Wildman–Crippen MR) is 107 cm³/mol. The molecule has 0 aliphatic rings. The predicted octanol–water partition coefficient (Wildman–Crippen LogP) is 2.73. The third-order valence-corrected chi connectivity index (χ3v) is 3.28. The van der Waals surface area contributed by atoms with Gasteiger partial charge in [0.15, 0.2) is 11.8 Å². The van der Waals surface area contributed by atoms with Gasteiger partial charge in [-0.3, -0.25) is 4.99 Å². The molecule has 2 aromatic rings. The molecule has 0 fully saturated rings. The molecule has 0 unspecified atom stereocenters. The first kappa shape index (κ1) is 20.4. The van der Waals surface area contributed by atoms with Crippen LogP contribution in [0.2, 0.25) is 0 Å². The molecule has 1 aromatic carbocycles. The van der Waals surface area contributed by atoms with Gasteiger partial charge in [0.2, 0.25) is 5.89 Å². The van der Waals surface area contributed by atoms with Gasteiger partial charge in [-0.1, -0.05) is 35.5 Å². The van der Waals surface area contributed by atoms with E-state index in [4.69, 9.17) is 4.52 Å².